The van der Waals surface area contributed by atoms with Crippen molar-refractivity contribution in [3.8, 4) is 0 Å². The largest absolute Gasteiger partial charge is 0.380 e. The van der Waals surface area contributed by atoms with Crippen LogP contribution in [-0.4, -0.2) is 42.7 Å². The molecule has 1 aliphatic rings. The Kier molecular flexibility index (Phi) is 4.98. The Balaban J connectivity index is 1.65. The number of nitrogens with one attached hydrogen (secondary N) is 2. The molecular formula is C11H16ClN3O3. The second-order valence-corrected chi connectivity index (χ2v) is 4.44. The zero-order valence-corrected chi connectivity index (χ0v) is 10.7. The number of hydrogen-bond acceptors (Lipinski definition) is 5. The van der Waals surface area contributed by atoms with Gasteiger partial charge in [0.05, 0.1) is 31.2 Å². The predicted molar refractivity (Wildman–Crippen MR) is 68.2 cm³/mol. The van der Waals surface area contributed by atoms with Gasteiger partial charge in [-0.15, -0.1) is 0 Å². The molecule has 18 heavy (non-hydrogen) atoms. The van der Waals surface area contributed by atoms with Crippen LogP contribution < -0.4 is 10.9 Å². The van der Waals surface area contributed by atoms with E-state index in [1.54, 1.807) is 0 Å². The van der Waals surface area contributed by atoms with Crippen LogP contribution in [0.2, 0.25) is 5.02 Å². The maximum atomic E-state index is 11.2. The predicted octanol–water partition coefficient (Wildman–Crippen LogP) is 1.03. The van der Waals surface area contributed by atoms with E-state index in [9.17, 15) is 4.79 Å². The van der Waals surface area contributed by atoms with E-state index in [-0.39, 0.29) is 11.1 Å². The van der Waals surface area contributed by atoms with Crippen LogP contribution in [0.15, 0.2) is 11.0 Å². The van der Waals surface area contributed by atoms with Crippen LogP contribution in [0.3, 0.4) is 0 Å². The average Bonchev–Trinajstić information content (AvgIpc) is 2.87. The molecule has 2 rings (SSSR count). The smallest absolute Gasteiger partial charge is 0.285 e. The molecule has 0 aliphatic carbocycles. The molecule has 7 heteroatoms. The zero-order chi connectivity index (χ0) is 12.8. The minimum Gasteiger partial charge on any atom is -0.380 e. The zero-order valence-electron chi connectivity index (χ0n) is 9.95. The number of halogens is 1. The summed E-state index contributed by atoms with van der Waals surface area (Å²) in [6.45, 7) is 2.55. The number of H-pyrrole nitrogens is 1. The third-order valence-corrected chi connectivity index (χ3v) is 3.06. The van der Waals surface area contributed by atoms with Gasteiger partial charge in [0.15, 0.2) is 0 Å². The van der Waals surface area contributed by atoms with Crippen molar-refractivity contribution in [1.82, 2.24) is 10.2 Å². The van der Waals surface area contributed by atoms with E-state index in [2.05, 4.69) is 15.5 Å². The van der Waals surface area contributed by atoms with Gasteiger partial charge in [-0.25, -0.2) is 5.10 Å². The Bertz CT molecular complexity index is 432. The monoisotopic (exact) mass is 273 g/mol. The molecule has 2 heterocycles. The second kappa shape index (κ2) is 6.72. The fourth-order valence-electron chi connectivity index (χ4n) is 1.76. The van der Waals surface area contributed by atoms with Crippen LogP contribution in [0, 0.1) is 0 Å². The Morgan fingerprint density at radius 3 is 3.33 bits per heavy atom. The van der Waals surface area contributed by atoms with Crippen molar-refractivity contribution in [2.24, 2.45) is 0 Å². The van der Waals surface area contributed by atoms with Crippen molar-refractivity contribution in [2.75, 3.05) is 31.7 Å². The lowest BCUT2D eigenvalue weighted by Crippen LogP contribution is -2.19. The van der Waals surface area contributed by atoms with Gasteiger partial charge in [0.2, 0.25) is 0 Å². The number of nitrogens with zero attached hydrogens (tertiary/aromatic N) is 1. The normalized spacial score (nSPS) is 19.1. The van der Waals surface area contributed by atoms with Crippen molar-refractivity contribution in [3.63, 3.8) is 0 Å². The van der Waals surface area contributed by atoms with E-state index >= 15 is 0 Å². The second-order valence-electron chi connectivity index (χ2n) is 4.06. The lowest BCUT2D eigenvalue weighted by atomic mass is 10.2. The van der Waals surface area contributed by atoms with E-state index in [0.29, 0.717) is 25.4 Å². The lowest BCUT2D eigenvalue weighted by molar-refractivity contribution is 0.0206. The van der Waals surface area contributed by atoms with Crippen LogP contribution in [0.25, 0.3) is 0 Å². The quantitative estimate of drug-likeness (QED) is 0.757. The maximum Gasteiger partial charge on any atom is 0.285 e. The highest BCUT2D eigenvalue weighted by Crippen LogP contribution is 2.14. The molecule has 1 saturated heterocycles. The molecule has 1 aromatic heterocycles. The summed E-state index contributed by atoms with van der Waals surface area (Å²) in [6, 6.07) is 0. The minimum absolute atomic E-state index is 0.115. The molecule has 0 saturated carbocycles. The van der Waals surface area contributed by atoms with Gasteiger partial charge in [-0.05, 0) is 12.8 Å². The SMILES string of the molecule is O=c1[nH]ncc(NCCOCC2CCCO2)c1Cl. The van der Waals surface area contributed by atoms with Gasteiger partial charge in [-0.2, -0.15) is 5.10 Å². The average molecular weight is 274 g/mol. The molecule has 0 aromatic carbocycles. The van der Waals surface area contributed by atoms with Crippen LogP contribution in [0.5, 0.6) is 0 Å². The first-order chi connectivity index (χ1) is 8.77. The number of rotatable bonds is 6. The summed E-state index contributed by atoms with van der Waals surface area (Å²) in [4.78, 5) is 11.2. The highest BCUT2D eigenvalue weighted by atomic mass is 35.5. The van der Waals surface area contributed by atoms with E-state index in [1.165, 1.54) is 6.20 Å². The molecule has 0 radical (unpaired) electrons. The summed E-state index contributed by atoms with van der Waals surface area (Å²) in [5, 5.41) is 9.03. The standard InChI is InChI=1S/C11H16ClN3O3/c12-10-9(6-14-15-11(10)16)13-3-5-17-7-8-2-1-4-18-8/h6,8H,1-5,7H2,(H2,13,15,16). The van der Waals surface area contributed by atoms with Gasteiger partial charge in [0.25, 0.3) is 5.56 Å². The van der Waals surface area contributed by atoms with Crippen LogP contribution in [0.1, 0.15) is 12.8 Å². The topological polar surface area (TPSA) is 76.2 Å². The number of aromatic amines is 1. The van der Waals surface area contributed by atoms with Crippen molar-refractivity contribution in [2.45, 2.75) is 18.9 Å². The highest BCUT2D eigenvalue weighted by Gasteiger charge is 2.14. The summed E-state index contributed by atoms with van der Waals surface area (Å²) in [7, 11) is 0. The van der Waals surface area contributed by atoms with E-state index in [1.807, 2.05) is 0 Å². The van der Waals surface area contributed by atoms with Gasteiger partial charge in [0.1, 0.15) is 5.02 Å². The van der Waals surface area contributed by atoms with Crippen molar-refractivity contribution in [1.29, 1.82) is 0 Å². The van der Waals surface area contributed by atoms with Gasteiger partial charge in [-0.3, -0.25) is 4.79 Å². The third kappa shape index (κ3) is 3.69. The number of anilines is 1. The Hall–Kier alpha value is -1.11. The molecule has 1 aliphatic heterocycles. The summed E-state index contributed by atoms with van der Waals surface area (Å²) in [5.74, 6) is 0. The number of hydrogen-bond donors (Lipinski definition) is 2. The summed E-state index contributed by atoms with van der Waals surface area (Å²) < 4.78 is 10.9. The molecular weight excluding hydrogens is 258 g/mol. The fraction of sp³-hybridized carbons (Fsp3) is 0.636. The summed E-state index contributed by atoms with van der Waals surface area (Å²) >= 11 is 5.80. The molecule has 2 N–H and O–H groups in total. The van der Waals surface area contributed by atoms with Crippen LogP contribution in [-0.2, 0) is 9.47 Å². The van der Waals surface area contributed by atoms with Gasteiger partial charge in [-0.1, -0.05) is 11.6 Å². The highest BCUT2D eigenvalue weighted by molar-refractivity contribution is 6.32. The number of aromatic nitrogens is 2. The van der Waals surface area contributed by atoms with E-state index < -0.39 is 5.56 Å². The van der Waals surface area contributed by atoms with Crippen LogP contribution >= 0.6 is 11.6 Å². The van der Waals surface area contributed by atoms with E-state index in [4.69, 9.17) is 21.1 Å². The molecule has 1 fully saturated rings. The Labute approximate surface area is 110 Å². The van der Waals surface area contributed by atoms with Crippen molar-refractivity contribution < 1.29 is 9.47 Å². The first kappa shape index (κ1) is 13.3. The molecule has 6 nitrogen and oxygen atoms in total. The van der Waals surface area contributed by atoms with Gasteiger partial charge < -0.3 is 14.8 Å². The lowest BCUT2D eigenvalue weighted by Gasteiger charge is -2.11. The molecule has 1 unspecified atom stereocenters. The third-order valence-electron chi connectivity index (χ3n) is 2.69. The molecule has 0 bridgehead atoms. The Morgan fingerprint density at radius 2 is 2.56 bits per heavy atom. The van der Waals surface area contributed by atoms with Gasteiger partial charge in [0, 0.05) is 13.2 Å². The summed E-state index contributed by atoms with van der Waals surface area (Å²) in [5.41, 5.74) is 0.114. The van der Waals surface area contributed by atoms with Gasteiger partial charge >= 0.3 is 0 Å². The first-order valence-electron chi connectivity index (χ1n) is 5.94. The Morgan fingerprint density at radius 1 is 1.67 bits per heavy atom. The fourth-order valence-corrected chi connectivity index (χ4v) is 1.91. The maximum absolute atomic E-state index is 11.2. The number of ether oxygens (including phenoxy) is 2. The molecule has 1 aromatic rings. The van der Waals surface area contributed by atoms with Crippen LogP contribution in [0.4, 0.5) is 5.69 Å². The van der Waals surface area contributed by atoms with E-state index in [0.717, 1.165) is 19.4 Å². The summed E-state index contributed by atoms with van der Waals surface area (Å²) in [6.07, 6.45) is 3.89. The molecule has 100 valence electrons. The van der Waals surface area contributed by atoms with Crippen molar-refractivity contribution >= 4 is 17.3 Å². The molecule has 0 amide bonds. The van der Waals surface area contributed by atoms with Crippen molar-refractivity contribution in [3.05, 3.63) is 21.6 Å². The minimum atomic E-state index is -0.401. The first-order valence-corrected chi connectivity index (χ1v) is 6.31. The molecule has 1 atom stereocenters. The molecule has 0 spiro atoms.